The van der Waals surface area contributed by atoms with Gasteiger partial charge in [-0.2, -0.15) is 0 Å². The molecule has 0 aliphatic heterocycles. The lowest BCUT2D eigenvalue weighted by Crippen LogP contribution is -2.48. The topological polar surface area (TPSA) is 74.2 Å². The molecule has 0 aliphatic carbocycles. The van der Waals surface area contributed by atoms with Crippen LogP contribution in [0.4, 0.5) is 0 Å². The van der Waals surface area contributed by atoms with Gasteiger partial charge in [0.15, 0.2) is 8.32 Å². The van der Waals surface area contributed by atoms with E-state index in [9.17, 15) is 9.90 Å². The lowest BCUT2D eigenvalue weighted by atomic mass is 10.3. The summed E-state index contributed by atoms with van der Waals surface area (Å²) in [5.41, 5.74) is 0.304. The first-order valence-electron chi connectivity index (χ1n) is 9.07. The zero-order valence-corrected chi connectivity index (χ0v) is 20.5. The summed E-state index contributed by atoms with van der Waals surface area (Å²) in [4.78, 5) is 11.5. The number of aliphatic hydroxyl groups is 1. The van der Waals surface area contributed by atoms with Crippen molar-refractivity contribution < 1.29 is 27.9 Å². The van der Waals surface area contributed by atoms with Crippen molar-refractivity contribution in [2.75, 3.05) is 26.1 Å². The summed E-state index contributed by atoms with van der Waals surface area (Å²) in [5.74, 6) is -0.513. The minimum atomic E-state index is -2.21. The molecule has 2 atom stereocenters. The zero-order chi connectivity index (χ0) is 20.4. The molecule has 1 radical (unpaired) electrons. The smallest absolute Gasteiger partial charge is 0.333 e. The summed E-state index contributed by atoms with van der Waals surface area (Å²) in [6.07, 6.45) is 0.958. The van der Waals surface area contributed by atoms with Gasteiger partial charge < -0.3 is 23.1 Å². The van der Waals surface area contributed by atoms with Gasteiger partial charge in [-0.15, -0.1) is 0 Å². The number of carbonyl (C=O) groups is 1. The highest BCUT2D eigenvalue weighted by Gasteiger charge is 2.36. The van der Waals surface area contributed by atoms with Gasteiger partial charge >= 0.3 is 14.5 Å². The second kappa shape index (κ2) is 12.2. The molecule has 26 heavy (non-hydrogen) atoms. The van der Waals surface area contributed by atoms with Crippen LogP contribution in [0, 0.1) is 0 Å². The van der Waals surface area contributed by atoms with E-state index in [0.717, 1.165) is 18.7 Å². The van der Waals surface area contributed by atoms with E-state index in [2.05, 4.69) is 45.9 Å². The fourth-order valence-electron chi connectivity index (χ4n) is 2.18. The van der Waals surface area contributed by atoms with E-state index >= 15 is 0 Å². The fraction of sp³-hybridized carbons (Fsp3) is 0.824. The predicted molar refractivity (Wildman–Crippen MR) is 112 cm³/mol. The molecular formula is C17H37O6Si3. The first-order chi connectivity index (χ1) is 11.9. The Labute approximate surface area is 162 Å². The molecule has 0 heterocycles. The molecule has 0 fully saturated rings. The molecule has 0 rings (SSSR count). The maximum Gasteiger partial charge on any atom is 0.333 e. The number of rotatable bonds is 14. The van der Waals surface area contributed by atoms with Gasteiger partial charge in [-0.3, -0.25) is 0 Å². The van der Waals surface area contributed by atoms with Gasteiger partial charge in [0.2, 0.25) is 0 Å². The van der Waals surface area contributed by atoms with Crippen LogP contribution in [0.5, 0.6) is 0 Å². The van der Waals surface area contributed by atoms with E-state index < -0.39 is 37.7 Å². The number of hydrogen-bond acceptors (Lipinski definition) is 6. The molecule has 0 spiro atoms. The second-order valence-corrected chi connectivity index (χ2v) is 18.8. The van der Waals surface area contributed by atoms with Crippen LogP contribution in [-0.4, -0.2) is 68.9 Å². The van der Waals surface area contributed by atoms with Gasteiger partial charge in [-0.1, -0.05) is 19.7 Å². The number of ether oxygens (including phenoxy) is 2. The molecule has 0 saturated carbocycles. The van der Waals surface area contributed by atoms with Crippen LogP contribution in [0.25, 0.3) is 0 Å². The molecule has 9 heteroatoms. The fourth-order valence-corrected chi connectivity index (χ4v) is 11.3. The van der Waals surface area contributed by atoms with Gasteiger partial charge in [0.1, 0.15) is 6.10 Å². The van der Waals surface area contributed by atoms with E-state index in [-0.39, 0.29) is 13.2 Å². The van der Waals surface area contributed by atoms with Crippen molar-refractivity contribution in [2.45, 2.75) is 64.8 Å². The number of esters is 1. The Morgan fingerprint density at radius 3 is 2.31 bits per heavy atom. The molecule has 0 aromatic heterocycles. The largest absolute Gasteiger partial charge is 0.454 e. The molecule has 0 saturated heterocycles. The summed E-state index contributed by atoms with van der Waals surface area (Å²) >= 11 is 0. The Morgan fingerprint density at radius 2 is 1.85 bits per heavy atom. The van der Waals surface area contributed by atoms with Crippen molar-refractivity contribution in [1.29, 1.82) is 0 Å². The van der Waals surface area contributed by atoms with Crippen molar-refractivity contribution in [3.05, 3.63) is 12.2 Å². The zero-order valence-electron chi connectivity index (χ0n) is 17.5. The maximum absolute atomic E-state index is 11.5. The SMILES string of the molecule is C=C(C)C(=O)OC(CO)COCCC[Si](C)(OC[Si](C)C)O[Si](C)(C)C. The van der Waals surface area contributed by atoms with Crippen LogP contribution >= 0.6 is 0 Å². The lowest BCUT2D eigenvalue weighted by Gasteiger charge is -2.34. The molecule has 0 aromatic carbocycles. The molecule has 0 aliphatic rings. The van der Waals surface area contributed by atoms with Crippen LogP contribution in [0.15, 0.2) is 12.2 Å². The van der Waals surface area contributed by atoms with Gasteiger partial charge in [0.05, 0.1) is 22.0 Å². The van der Waals surface area contributed by atoms with E-state index in [1.165, 1.54) is 0 Å². The first-order valence-corrected chi connectivity index (χ1v) is 17.7. The summed E-state index contributed by atoms with van der Waals surface area (Å²) < 4.78 is 23.3. The van der Waals surface area contributed by atoms with E-state index in [1.54, 1.807) is 6.92 Å². The van der Waals surface area contributed by atoms with Crippen LogP contribution < -0.4 is 0 Å². The highest BCUT2D eigenvalue weighted by atomic mass is 28.4. The minimum absolute atomic E-state index is 0.167. The van der Waals surface area contributed by atoms with Gasteiger partial charge in [-0.05, 0) is 45.6 Å². The molecule has 6 nitrogen and oxygen atoms in total. The van der Waals surface area contributed by atoms with Crippen LogP contribution in [0.3, 0.4) is 0 Å². The van der Waals surface area contributed by atoms with Crippen LogP contribution in [0.1, 0.15) is 13.3 Å². The van der Waals surface area contributed by atoms with Crippen molar-refractivity contribution in [1.82, 2.24) is 0 Å². The van der Waals surface area contributed by atoms with E-state index in [1.807, 2.05) is 0 Å². The number of aliphatic hydroxyl groups excluding tert-OH is 1. The average molecular weight is 422 g/mol. The summed E-state index contributed by atoms with van der Waals surface area (Å²) in [7, 11) is -4.35. The summed E-state index contributed by atoms with van der Waals surface area (Å²) in [6.45, 7) is 18.7. The van der Waals surface area contributed by atoms with Crippen LogP contribution in [0.2, 0.25) is 45.3 Å². The predicted octanol–water partition coefficient (Wildman–Crippen LogP) is 3.11. The number of hydrogen-bond donors (Lipinski definition) is 1. The van der Waals surface area contributed by atoms with Gasteiger partial charge in [-0.25, -0.2) is 4.79 Å². The van der Waals surface area contributed by atoms with Gasteiger partial charge in [0, 0.05) is 18.4 Å². The van der Waals surface area contributed by atoms with Crippen LogP contribution in [-0.2, 0) is 22.8 Å². The van der Waals surface area contributed by atoms with E-state index in [0.29, 0.717) is 12.2 Å². The highest BCUT2D eigenvalue weighted by molar-refractivity contribution is 6.82. The Morgan fingerprint density at radius 1 is 1.23 bits per heavy atom. The third-order valence-corrected chi connectivity index (χ3v) is 10.4. The maximum atomic E-state index is 11.5. The molecule has 0 aromatic rings. The monoisotopic (exact) mass is 421 g/mol. The Kier molecular flexibility index (Phi) is 12.1. The minimum Gasteiger partial charge on any atom is -0.454 e. The standard InChI is InChI=1S/C17H37O6Si3/c1-15(2)17(19)22-16(12-18)13-20-10-9-11-26(8,21-14-24(3)4)23-25(5,6)7/h16,18H,1,9-14H2,2-8H3. The molecule has 153 valence electrons. The summed E-state index contributed by atoms with van der Waals surface area (Å²) in [6, 6.07) is 0.863. The Balaban J connectivity index is 4.36. The third-order valence-electron chi connectivity index (χ3n) is 3.24. The van der Waals surface area contributed by atoms with Crippen molar-refractivity contribution >= 4 is 31.6 Å². The molecule has 0 bridgehead atoms. The molecular weight excluding hydrogens is 384 g/mol. The lowest BCUT2D eigenvalue weighted by molar-refractivity contribution is -0.149. The second-order valence-electron chi connectivity index (χ2n) is 8.01. The highest BCUT2D eigenvalue weighted by Crippen LogP contribution is 2.21. The average Bonchev–Trinajstić information content (AvgIpc) is 2.49. The summed E-state index contributed by atoms with van der Waals surface area (Å²) in [5, 5.41) is 9.28. The van der Waals surface area contributed by atoms with Crippen molar-refractivity contribution in [2.24, 2.45) is 0 Å². The molecule has 0 amide bonds. The van der Waals surface area contributed by atoms with Crippen molar-refractivity contribution in [3.63, 3.8) is 0 Å². The quantitative estimate of drug-likeness (QED) is 0.201. The Hall–Kier alpha value is -0.299. The number of carbonyl (C=O) groups excluding carboxylic acids is 1. The van der Waals surface area contributed by atoms with E-state index in [4.69, 9.17) is 18.0 Å². The normalized spacial score (nSPS) is 15.6. The first kappa shape index (κ1) is 25.7. The van der Waals surface area contributed by atoms with Crippen molar-refractivity contribution in [3.8, 4) is 0 Å². The molecule has 1 N–H and O–H groups in total. The third kappa shape index (κ3) is 13.0. The Bertz CT molecular complexity index is 439. The molecule has 2 unspecified atom stereocenters. The van der Waals surface area contributed by atoms with Gasteiger partial charge in [0.25, 0.3) is 0 Å².